The Morgan fingerprint density at radius 2 is 1.95 bits per heavy atom. The smallest absolute Gasteiger partial charge is 0.321 e. The first-order valence-corrected chi connectivity index (χ1v) is 7.97. The fourth-order valence-corrected chi connectivity index (χ4v) is 2.51. The Labute approximate surface area is 127 Å². The molecule has 1 aromatic carbocycles. The Morgan fingerprint density at radius 3 is 2.50 bits per heavy atom. The van der Waals surface area contributed by atoms with Crippen molar-refractivity contribution in [3.8, 4) is 0 Å². The monoisotopic (exact) mass is 295 g/mol. The van der Waals surface area contributed by atoms with Gasteiger partial charge in [-0.25, -0.2) is 0 Å². The summed E-state index contributed by atoms with van der Waals surface area (Å²) in [5.74, 6) is -0.539. The van der Waals surface area contributed by atoms with Crippen molar-refractivity contribution in [2.45, 2.75) is 51.1 Å². The van der Waals surface area contributed by atoms with Crippen LogP contribution in [-0.4, -0.2) is 22.9 Å². The molecule has 4 heteroatoms. The third kappa shape index (κ3) is 5.97. The van der Waals surface area contributed by atoms with Crippen LogP contribution in [0.5, 0.6) is 0 Å². The number of hydrogen-bond acceptors (Lipinski definition) is 3. The van der Waals surface area contributed by atoms with E-state index in [0.29, 0.717) is 5.75 Å². The number of unbranched alkanes of at least 4 members (excludes halogenated alkanes) is 3. The van der Waals surface area contributed by atoms with Gasteiger partial charge in [-0.05, 0) is 12.0 Å². The number of rotatable bonds is 10. The van der Waals surface area contributed by atoms with Gasteiger partial charge >= 0.3 is 5.97 Å². The van der Waals surface area contributed by atoms with Gasteiger partial charge in [0.25, 0.3) is 0 Å². The maximum atomic E-state index is 11.2. The number of thiol groups is 1. The molecule has 2 unspecified atom stereocenters. The highest BCUT2D eigenvalue weighted by Crippen LogP contribution is 2.21. The largest absolute Gasteiger partial charge is 0.480 e. The Balaban J connectivity index is 2.66. The van der Waals surface area contributed by atoms with Gasteiger partial charge in [-0.2, -0.15) is 12.6 Å². The molecule has 0 amide bonds. The lowest BCUT2D eigenvalue weighted by Crippen LogP contribution is -2.40. The molecule has 0 saturated carbocycles. The summed E-state index contributed by atoms with van der Waals surface area (Å²) in [6.07, 6.45) is 5.70. The highest BCUT2D eigenvalue weighted by molar-refractivity contribution is 7.80. The Hall–Kier alpha value is -1.00. The molecule has 0 heterocycles. The summed E-state index contributed by atoms with van der Waals surface area (Å²) in [4.78, 5) is 11.2. The van der Waals surface area contributed by atoms with E-state index in [1.54, 1.807) is 0 Å². The van der Waals surface area contributed by atoms with E-state index in [4.69, 9.17) is 5.11 Å². The number of carboxylic acids is 1. The van der Waals surface area contributed by atoms with Crippen molar-refractivity contribution in [1.82, 2.24) is 5.32 Å². The SMILES string of the molecule is CCCCCCC(NC(CS)C(=O)O)c1ccccc1. The second kappa shape index (κ2) is 9.83. The molecule has 0 aliphatic carbocycles. The number of benzene rings is 1. The summed E-state index contributed by atoms with van der Waals surface area (Å²) in [6.45, 7) is 2.19. The van der Waals surface area contributed by atoms with Crippen LogP contribution in [0.3, 0.4) is 0 Å². The van der Waals surface area contributed by atoms with Crippen molar-refractivity contribution in [1.29, 1.82) is 0 Å². The topological polar surface area (TPSA) is 49.3 Å². The van der Waals surface area contributed by atoms with Crippen LogP contribution in [0.1, 0.15) is 50.6 Å². The van der Waals surface area contributed by atoms with E-state index in [0.717, 1.165) is 18.4 Å². The van der Waals surface area contributed by atoms with Crippen molar-refractivity contribution >= 4 is 18.6 Å². The lowest BCUT2D eigenvalue weighted by atomic mass is 9.99. The molecule has 0 fully saturated rings. The molecule has 112 valence electrons. The molecule has 0 aliphatic rings. The van der Waals surface area contributed by atoms with Gasteiger partial charge in [-0.15, -0.1) is 0 Å². The summed E-state index contributed by atoms with van der Waals surface area (Å²) in [6, 6.07) is 9.55. The van der Waals surface area contributed by atoms with Crippen LogP contribution in [0.15, 0.2) is 30.3 Å². The standard InChI is InChI=1S/C16H25NO2S/c1-2-3-4-8-11-14(13-9-6-5-7-10-13)17-15(12-20)16(18)19/h5-7,9-10,14-15,17,20H,2-4,8,11-12H2,1H3,(H,18,19). The van der Waals surface area contributed by atoms with Crippen molar-refractivity contribution < 1.29 is 9.90 Å². The molecule has 0 spiro atoms. The van der Waals surface area contributed by atoms with E-state index in [1.807, 2.05) is 18.2 Å². The maximum absolute atomic E-state index is 11.2. The minimum atomic E-state index is -0.838. The van der Waals surface area contributed by atoms with Crippen LogP contribution in [0.2, 0.25) is 0 Å². The minimum Gasteiger partial charge on any atom is -0.480 e. The van der Waals surface area contributed by atoms with E-state index in [1.165, 1.54) is 19.3 Å². The van der Waals surface area contributed by atoms with Crippen LogP contribution >= 0.6 is 12.6 Å². The normalized spacial score (nSPS) is 13.9. The Morgan fingerprint density at radius 1 is 1.25 bits per heavy atom. The van der Waals surface area contributed by atoms with Gasteiger partial charge in [-0.1, -0.05) is 62.9 Å². The van der Waals surface area contributed by atoms with Gasteiger partial charge in [-0.3, -0.25) is 10.1 Å². The summed E-state index contributed by atoms with van der Waals surface area (Å²) in [7, 11) is 0. The molecule has 1 aromatic rings. The van der Waals surface area contributed by atoms with Crippen molar-refractivity contribution in [3.63, 3.8) is 0 Å². The molecule has 20 heavy (non-hydrogen) atoms. The predicted octanol–water partition coefficient (Wildman–Crippen LogP) is 3.67. The fraction of sp³-hybridized carbons (Fsp3) is 0.562. The van der Waals surface area contributed by atoms with Crippen LogP contribution in [0, 0.1) is 0 Å². The third-order valence-corrected chi connectivity index (χ3v) is 3.80. The number of carbonyl (C=O) groups is 1. The van der Waals surface area contributed by atoms with Crippen LogP contribution < -0.4 is 5.32 Å². The third-order valence-electron chi connectivity index (χ3n) is 3.43. The zero-order chi connectivity index (χ0) is 14.8. The fourth-order valence-electron chi connectivity index (χ4n) is 2.25. The first-order valence-electron chi connectivity index (χ1n) is 7.33. The number of nitrogens with one attached hydrogen (secondary N) is 1. The zero-order valence-corrected chi connectivity index (χ0v) is 13.0. The molecule has 0 radical (unpaired) electrons. The molecular formula is C16H25NO2S. The van der Waals surface area contributed by atoms with Gasteiger partial charge in [0.2, 0.25) is 0 Å². The molecule has 3 nitrogen and oxygen atoms in total. The lowest BCUT2D eigenvalue weighted by Gasteiger charge is -2.23. The van der Waals surface area contributed by atoms with Gasteiger partial charge in [0.1, 0.15) is 6.04 Å². The summed E-state index contributed by atoms with van der Waals surface area (Å²) in [5, 5.41) is 12.4. The van der Waals surface area contributed by atoms with Crippen molar-refractivity contribution in [2.75, 3.05) is 5.75 Å². The van der Waals surface area contributed by atoms with Gasteiger partial charge < -0.3 is 5.11 Å². The molecule has 0 saturated heterocycles. The minimum absolute atomic E-state index is 0.0845. The highest BCUT2D eigenvalue weighted by atomic mass is 32.1. The molecule has 0 aliphatic heterocycles. The predicted molar refractivity (Wildman–Crippen MR) is 86.4 cm³/mol. The summed E-state index contributed by atoms with van der Waals surface area (Å²) in [5.41, 5.74) is 1.15. The highest BCUT2D eigenvalue weighted by Gasteiger charge is 2.20. The number of hydrogen-bond donors (Lipinski definition) is 3. The second-order valence-corrected chi connectivity index (χ2v) is 5.42. The van der Waals surface area contributed by atoms with E-state index < -0.39 is 12.0 Å². The molecule has 2 atom stereocenters. The van der Waals surface area contributed by atoms with Gasteiger partial charge in [0, 0.05) is 11.8 Å². The molecule has 1 rings (SSSR count). The van der Waals surface area contributed by atoms with Crippen LogP contribution in [0.4, 0.5) is 0 Å². The second-order valence-electron chi connectivity index (χ2n) is 5.05. The molecular weight excluding hydrogens is 270 g/mol. The Bertz CT molecular complexity index is 383. The van der Waals surface area contributed by atoms with Crippen LogP contribution in [0.25, 0.3) is 0 Å². The Kier molecular flexibility index (Phi) is 8.38. The first kappa shape index (κ1) is 17.1. The average Bonchev–Trinajstić information content (AvgIpc) is 2.47. The first-order chi connectivity index (χ1) is 9.69. The van der Waals surface area contributed by atoms with E-state index in [2.05, 4.69) is 37.0 Å². The molecule has 0 aromatic heterocycles. The van der Waals surface area contributed by atoms with Gasteiger partial charge in [0.05, 0.1) is 0 Å². The van der Waals surface area contributed by atoms with Crippen molar-refractivity contribution in [2.24, 2.45) is 0 Å². The average molecular weight is 295 g/mol. The quantitative estimate of drug-likeness (QED) is 0.456. The maximum Gasteiger partial charge on any atom is 0.321 e. The molecule has 0 bridgehead atoms. The van der Waals surface area contributed by atoms with E-state index >= 15 is 0 Å². The van der Waals surface area contributed by atoms with E-state index in [9.17, 15) is 4.79 Å². The van der Waals surface area contributed by atoms with E-state index in [-0.39, 0.29) is 6.04 Å². The van der Waals surface area contributed by atoms with Crippen LogP contribution in [-0.2, 0) is 4.79 Å². The summed E-state index contributed by atoms with van der Waals surface area (Å²) < 4.78 is 0. The number of aliphatic carboxylic acids is 1. The number of carboxylic acid groups (broad SMARTS) is 1. The molecule has 2 N–H and O–H groups in total. The summed E-state index contributed by atoms with van der Waals surface area (Å²) >= 11 is 4.12. The van der Waals surface area contributed by atoms with Crippen molar-refractivity contribution in [3.05, 3.63) is 35.9 Å². The van der Waals surface area contributed by atoms with Gasteiger partial charge in [0.15, 0.2) is 0 Å². The zero-order valence-electron chi connectivity index (χ0n) is 12.1. The lowest BCUT2D eigenvalue weighted by molar-refractivity contribution is -0.139.